The topological polar surface area (TPSA) is 58.6 Å². The number of nitrogens with one attached hydrogen (secondary N) is 1. The number of hydrogen-bond acceptors (Lipinski definition) is 4. The van der Waals surface area contributed by atoms with Crippen molar-refractivity contribution in [1.82, 2.24) is 4.90 Å². The normalized spacial score (nSPS) is 15.3. The van der Waals surface area contributed by atoms with E-state index < -0.39 is 0 Å². The van der Waals surface area contributed by atoms with Crippen LogP contribution in [0.15, 0.2) is 47.4 Å². The van der Waals surface area contributed by atoms with Gasteiger partial charge in [-0.3, -0.25) is 9.59 Å². The number of likely N-dealkylation sites (N-methyl/N-ethyl adjacent to an activating group) is 1. The molecule has 1 heterocycles. The van der Waals surface area contributed by atoms with Gasteiger partial charge in [-0.25, -0.2) is 0 Å². The number of rotatable bonds is 5. The van der Waals surface area contributed by atoms with Crippen molar-refractivity contribution in [3.63, 3.8) is 0 Å². The van der Waals surface area contributed by atoms with Crippen LogP contribution < -0.4 is 10.1 Å². The molecule has 1 N–H and O–H groups in total. The number of benzene rings is 2. The summed E-state index contributed by atoms with van der Waals surface area (Å²) in [4.78, 5) is 27.6. The summed E-state index contributed by atoms with van der Waals surface area (Å²) >= 11 is 1.59. The Morgan fingerprint density at radius 2 is 1.96 bits per heavy atom. The van der Waals surface area contributed by atoms with Gasteiger partial charge in [0.25, 0.3) is 0 Å². The van der Waals surface area contributed by atoms with Gasteiger partial charge in [0.2, 0.25) is 11.8 Å². The van der Waals surface area contributed by atoms with Crippen molar-refractivity contribution < 1.29 is 14.3 Å². The van der Waals surface area contributed by atoms with Crippen LogP contribution in [-0.4, -0.2) is 42.7 Å². The second-order valence-corrected chi connectivity index (χ2v) is 7.64. The fourth-order valence-electron chi connectivity index (χ4n) is 2.89. The first kappa shape index (κ1) is 18.3. The lowest BCUT2D eigenvalue weighted by Gasteiger charge is -2.20. The highest BCUT2D eigenvalue weighted by Crippen LogP contribution is 2.38. The molecule has 5 nitrogen and oxygen atoms in total. The van der Waals surface area contributed by atoms with Gasteiger partial charge in [0.1, 0.15) is 5.75 Å². The molecule has 1 aliphatic heterocycles. The van der Waals surface area contributed by atoms with Gasteiger partial charge < -0.3 is 15.0 Å². The molecule has 0 unspecified atom stereocenters. The van der Waals surface area contributed by atoms with Gasteiger partial charge in [-0.2, -0.15) is 0 Å². The summed E-state index contributed by atoms with van der Waals surface area (Å²) in [6, 6.07) is 13.4. The monoisotopic (exact) mass is 370 g/mol. The Hall–Kier alpha value is -2.47. The van der Waals surface area contributed by atoms with Gasteiger partial charge in [-0.05, 0) is 49.2 Å². The van der Waals surface area contributed by atoms with E-state index in [0.717, 1.165) is 5.75 Å². The van der Waals surface area contributed by atoms with Gasteiger partial charge in [0.15, 0.2) is 0 Å². The molecule has 0 saturated carbocycles. The quantitative estimate of drug-likeness (QED) is 0.879. The zero-order chi connectivity index (χ0) is 18.7. The number of carbonyl (C=O) groups excluding carboxylic acids is 2. The number of amides is 2. The predicted octanol–water partition coefficient (Wildman–Crippen LogP) is 3.12. The lowest BCUT2D eigenvalue weighted by Crippen LogP contribution is -2.39. The Morgan fingerprint density at radius 3 is 2.65 bits per heavy atom. The Labute approximate surface area is 157 Å². The Balaban J connectivity index is 1.55. The predicted molar refractivity (Wildman–Crippen MR) is 104 cm³/mol. The number of fused-ring (bicyclic) bond motifs is 1. The highest BCUT2D eigenvalue weighted by atomic mass is 32.2. The van der Waals surface area contributed by atoms with Crippen LogP contribution in [0.5, 0.6) is 5.75 Å². The number of ether oxygens (including phenoxy) is 1. The van der Waals surface area contributed by atoms with Crippen LogP contribution in [0.1, 0.15) is 11.1 Å². The van der Waals surface area contributed by atoms with E-state index in [9.17, 15) is 9.59 Å². The summed E-state index contributed by atoms with van der Waals surface area (Å²) in [5, 5.41) is 2.64. The highest BCUT2D eigenvalue weighted by molar-refractivity contribution is 8.01. The van der Waals surface area contributed by atoms with E-state index in [4.69, 9.17) is 4.74 Å². The SMILES string of the molecule is COc1ccc(NC(=O)CN(C)C(=O)[C@@H]2Cc3ccc(C)cc3S2)cc1. The zero-order valence-electron chi connectivity index (χ0n) is 15.1. The molecule has 26 heavy (non-hydrogen) atoms. The Bertz CT molecular complexity index is 820. The third-order valence-corrected chi connectivity index (χ3v) is 5.59. The smallest absolute Gasteiger partial charge is 0.243 e. The summed E-state index contributed by atoms with van der Waals surface area (Å²) < 4.78 is 5.09. The molecule has 0 fully saturated rings. The molecule has 0 spiro atoms. The Kier molecular flexibility index (Phi) is 5.52. The molecular formula is C20H22N2O3S. The van der Waals surface area contributed by atoms with Crippen LogP contribution in [0.2, 0.25) is 0 Å². The van der Waals surface area contributed by atoms with Gasteiger partial charge in [0, 0.05) is 17.6 Å². The average molecular weight is 370 g/mol. The molecular weight excluding hydrogens is 348 g/mol. The minimum Gasteiger partial charge on any atom is -0.497 e. The van der Waals surface area contributed by atoms with Crippen molar-refractivity contribution in [2.24, 2.45) is 0 Å². The number of thioether (sulfide) groups is 1. The molecule has 2 aromatic carbocycles. The van der Waals surface area contributed by atoms with Crippen LogP contribution >= 0.6 is 11.8 Å². The van der Waals surface area contributed by atoms with E-state index >= 15 is 0 Å². The first-order valence-electron chi connectivity index (χ1n) is 8.41. The first-order valence-corrected chi connectivity index (χ1v) is 9.29. The fraction of sp³-hybridized carbons (Fsp3) is 0.300. The molecule has 0 aromatic heterocycles. The molecule has 0 saturated heterocycles. The van der Waals surface area contributed by atoms with Crippen molar-refractivity contribution in [1.29, 1.82) is 0 Å². The number of anilines is 1. The van der Waals surface area contributed by atoms with E-state index in [2.05, 4.69) is 23.5 Å². The second kappa shape index (κ2) is 7.83. The number of hydrogen-bond donors (Lipinski definition) is 1. The third-order valence-electron chi connectivity index (χ3n) is 4.30. The summed E-state index contributed by atoms with van der Waals surface area (Å²) in [6.07, 6.45) is 0.712. The van der Waals surface area contributed by atoms with Crippen molar-refractivity contribution in [3.8, 4) is 5.75 Å². The summed E-state index contributed by atoms with van der Waals surface area (Å²) in [5.74, 6) is 0.486. The molecule has 6 heteroatoms. The molecule has 136 valence electrons. The Morgan fingerprint density at radius 1 is 1.23 bits per heavy atom. The standard InChI is InChI=1S/C20H22N2O3S/c1-13-4-5-14-11-18(26-17(14)10-13)20(24)22(2)12-19(23)21-15-6-8-16(25-3)9-7-15/h4-10,18H,11-12H2,1-3H3,(H,21,23)/t18-/m0/s1. The second-order valence-electron chi connectivity index (χ2n) is 6.39. The molecule has 0 bridgehead atoms. The summed E-state index contributed by atoms with van der Waals surface area (Å²) in [7, 11) is 3.26. The van der Waals surface area contributed by atoms with Crippen molar-refractivity contribution >= 4 is 29.3 Å². The van der Waals surface area contributed by atoms with Crippen LogP contribution in [0.4, 0.5) is 5.69 Å². The average Bonchev–Trinajstić information content (AvgIpc) is 3.04. The van der Waals surface area contributed by atoms with Crippen LogP contribution in [-0.2, 0) is 16.0 Å². The summed E-state index contributed by atoms with van der Waals surface area (Å²) in [6.45, 7) is 2.07. The molecule has 0 aliphatic carbocycles. The van der Waals surface area contributed by atoms with E-state index in [-0.39, 0.29) is 23.6 Å². The zero-order valence-corrected chi connectivity index (χ0v) is 15.9. The van der Waals surface area contributed by atoms with Crippen LogP contribution in [0.3, 0.4) is 0 Å². The molecule has 2 aromatic rings. The van der Waals surface area contributed by atoms with E-state index in [0.29, 0.717) is 12.1 Å². The molecule has 2 amide bonds. The van der Waals surface area contributed by atoms with Crippen LogP contribution in [0.25, 0.3) is 0 Å². The molecule has 3 rings (SSSR count). The molecule has 1 aliphatic rings. The van der Waals surface area contributed by atoms with Gasteiger partial charge >= 0.3 is 0 Å². The summed E-state index contributed by atoms with van der Waals surface area (Å²) in [5.41, 5.74) is 3.07. The maximum absolute atomic E-state index is 12.7. The van der Waals surface area contributed by atoms with Gasteiger partial charge in [0.05, 0.1) is 18.9 Å². The van der Waals surface area contributed by atoms with E-state index in [1.165, 1.54) is 20.9 Å². The first-order chi connectivity index (χ1) is 12.5. The van der Waals surface area contributed by atoms with Gasteiger partial charge in [-0.1, -0.05) is 17.7 Å². The lowest BCUT2D eigenvalue weighted by atomic mass is 10.1. The maximum atomic E-state index is 12.7. The lowest BCUT2D eigenvalue weighted by molar-refractivity contribution is -0.132. The maximum Gasteiger partial charge on any atom is 0.243 e. The number of methoxy groups -OCH3 is 1. The highest BCUT2D eigenvalue weighted by Gasteiger charge is 2.30. The molecule has 0 radical (unpaired) electrons. The van der Waals surface area contributed by atoms with Crippen LogP contribution in [0, 0.1) is 6.92 Å². The van der Waals surface area contributed by atoms with Crippen molar-refractivity contribution in [2.45, 2.75) is 23.5 Å². The fourth-order valence-corrected chi connectivity index (χ4v) is 4.29. The minimum absolute atomic E-state index is 0.0197. The number of carbonyl (C=O) groups is 2. The van der Waals surface area contributed by atoms with Crippen molar-refractivity contribution in [2.75, 3.05) is 26.0 Å². The number of aryl methyl sites for hydroxylation is 1. The van der Waals surface area contributed by atoms with E-state index in [1.807, 2.05) is 6.92 Å². The number of nitrogens with zero attached hydrogens (tertiary/aromatic N) is 1. The molecule has 1 atom stereocenters. The minimum atomic E-state index is -0.220. The van der Waals surface area contributed by atoms with E-state index in [1.54, 1.807) is 50.2 Å². The largest absolute Gasteiger partial charge is 0.497 e. The van der Waals surface area contributed by atoms with Crippen molar-refractivity contribution in [3.05, 3.63) is 53.6 Å². The third kappa shape index (κ3) is 4.19. The van der Waals surface area contributed by atoms with Gasteiger partial charge in [-0.15, -0.1) is 11.8 Å².